The summed E-state index contributed by atoms with van der Waals surface area (Å²) in [5.41, 5.74) is 0.731. The summed E-state index contributed by atoms with van der Waals surface area (Å²) in [5.74, 6) is -1.04. The van der Waals surface area contributed by atoms with E-state index >= 15 is 0 Å². The van der Waals surface area contributed by atoms with Crippen molar-refractivity contribution in [2.75, 3.05) is 0 Å². The lowest BCUT2D eigenvalue weighted by Gasteiger charge is -2.26. The second-order valence-electron chi connectivity index (χ2n) is 8.08. The molecule has 170 valence electrons. The van der Waals surface area contributed by atoms with Crippen molar-refractivity contribution in [2.24, 2.45) is 11.8 Å². The molecule has 6 nitrogen and oxygen atoms in total. The number of rotatable bonds is 12. The quantitative estimate of drug-likeness (QED) is 0.343. The molecule has 0 radical (unpaired) electrons. The number of fused-ring (bicyclic) bond motifs is 1. The number of halogens is 1. The van der Waals surface area contributed by atoms with Crippen LogP contribution in [0.2, 0.25) is 5.02 Å². The molecule has 1 aromatic heterocycles. The number of carbonyl (C=O) groups excluding carboxylic acids is 3. The van der Waals surface area contributed by atoms with Gasteiger partial charge in [0.1, 0.15) is 11.9 Å². The highest BCUT2D eigenvalue weighted by Crippen LogP contribution is 2.28. The van der Waals surface area contributed by atoms with E-state index in [1.54, 1.807) is 12.1 Å². The van der Waals surface area contributed by atoms with Crippen LogP contribution >= 0.6 is 22.9 Å². The van der Waals surface area contributed by atoms with Gasteiger partial charge in [-0.15, -0.1) is 11.3 Å². The second kappa shape index (κ2) is 11.9. The van der Waals surface area contributed by atoms with Crippen molar-refractivity contribution in [1.82, 2.24) is 10.3 Å². The molecule has 3 atom stereocenters. The molecule has 2 aromatic rings. The van der Waals surface area contributed by atoms with E-state index in [2.05, 4.69) is 16.9 Å². The number of ketones is 2. The first-order valence-electron chi connectivity index (χ1n) is 10.6. The minimum Gasteiger partial charge on any atom is -0.353 e. The number of thiazole rings is 1. The Balaban J connectivity index is 2.15. The summed E-state index contributed by atoms with van der Waals surface area (Å²) in [6.07, 6.45) is 1.82. The fourth-order valence-corrected chi connectivity index (χ4v) is 4.76. The number of nitrogens with zero attached hydrogens (tertiary/aromatic N) is 2. The summed E-state index contributed by atoms with van der Waals surface area (Å²) in [6, 6.07) is 6.97. The van der Waals surface area contributed by atoms with Crippen LogP contribution in [0.15, 0.2) is 30.4 Å². The number of allylic oxidation sites excluding steroid dienone is 1. The largest absolute Gasteiger partial charge is 0.353 e. The summed E-state index contributed by atoms with van der Waals surface area (Å²) in [7, 11) is 0. The van der Waals surface area contributed by atoms with Gasteiger partial charge in [0.15, 0.2) is 5.78 Å². The predicted octanol–water partition coefficient (Wildman–Crippen LogP) is 5.05. The summed E-state index contributed by atoms with van der Waals surface area (Å²) >= 11 is 7.52. The normalized spacial score (nSPS) is 13.7. The number of hydrogen-bond donors (Lipinski definition) is 1. The molecule has 0 unspecified atom stereocenters. The molecule has 0 saturated heterocycles. The molecule has 1 heterocycles. The van der Waals surface area contributed by atoms with Gasteiger partial charge in [-0.2, -0.15) is 5.26 Å². The highest BCUT2D eigenvalue weighted by Gasteiger charge is 2.27. The van der Waals surface area contributed by atoms with Crippen LogP contribution in [0, 0.1) is 23.2 Å². The molecule has 0 aliphatic rings. The second-order valence-corrected chi connectivity index (χ2v) is 9.63. The molecule has 0 saturated carbocycles. The first-order valence-corrected chi connectivity index (χ1v) is 11.8. The van der Waals surface area contributed by atoms with E-state index in [0.29, 0.717) is 17.9 Å². The standard InChI is InChI=1S/C24H28ClN3O3S/c1-5-14(2)19(8-9-21(30)15(3)13-26)28-24(31)17(10-16(4)29)11-23-27-20-7-6-18(25)12-22(20)32-23/h6-7,12,14,17,19H,3,5,8-11H2,1-2,4H3,(H,28,31)/t14-,17-,19+/m0/s1. The van der Waals surface area contributed by atoms with Crippen molar-refractivity contribution < 1.29 is 14.4 Å². The van der Waals surface area contributed by atoms with Gasteiger partial charge in [-0.1, -0.05) is 38.4 Å². The van der Waals surface area contributed by atoms with Gasteiger partial charge in [0.05, 0.1) is 26.7 Å². The fourth-order valence-electron chi connectivity index (χ4n) is 3.43. The van der Waals surface area contributed by atoms with Gasteiger partial charge in [-0.3, -0.25) is 9.59 Å². The Labute approximate surface area is 197 Å². The maximum absolute atomic E-state index is 13.2. The highest BCUT2D eigenvalue weighted by atomic mass is 35.5. The number of benzene rings is 1. The molecule has 32 heavy (non-hydrogen) atoms. The van der Waals surface area contributed by atoms with E-state index in [0.717, 1.165) is 21.6 Å². The Kier molecular flexibility index (Phi) is 9.55. The lowest BCUT2D eigenvalue weighted by atomic mass is 9.91. The van der Waals surface area contributed by atoms with Crippen LogP contribution in [-0.4, -0.2) is 28.5 Å². The maximum Gasteiger partial charge on any atom is 0.224 e. The zero-order valence-corrected chi connectivity index (χ0v) is 20.2. The third-order valence-electron chi connectivity index (χ3n) is 5.53. The van der Waals surface area contributed by atoms with Gasteiger partial charge in [0, 0.05) is 30.3 Å². The molecule has 2 rings (SSSR count). The molecule has 0 spiro atoms. The lowest BCUT2D eigenvalue weighted by molar-refractivity contribution is -0.129. The van der Waals surface area contributed by atoms with Crippen molar-refractivity contribution in [3.63, 3.8) is 0 Å². The van der Waals surface area contributed by atoms with Gasteiger partial charge in [0.2, 0.25) is 5.91 Å². The third kappa shape index (κ3) is 7.25. The van der Waals surface area contributed by atoms with Gasteiger partial charge in [0.25, 0.3) is 0 Å². The molecule has 1 N–H and O–H groups in total. The molecule has 0 aliphatic carbocycles. The molecule has 0 aliphatic heterocycles. The van der Waals surface area contributed by atoms with Gasteiger partial charge in [-0.05, 0) is 37.5 Å². The molecule has 0 fully saturated rings. The average molecular weight is 474 g/mol. The van der Waals surface area contributed by atoms with Crippen LogP contribution in [-0.2, 0) is 20.8 Å². The monoisotopic (exact) mass is 473 g/mol. The maximum atomic E-state index is 13.2. The van der Waals surface area contributed by atoms with Crippen LogP contribution in [0.25, 0.3) is 10.2 Å². The van der Waals surface area contributed by atoms with Crippen molar-refractivity contribution in [3.8, 4) is 6.07 Å². The number of carbonyl (C=O) groups is 3. The molecule has 0 bridgehead atoms. The number of amides is 1. The Morgan fingerprint density at radius 3 is 2.69 bits per heavy atom. The molecule has 1 amide bonds. The van der Waals surface area contributed by atoms with Crippen molar-refractivity contribution >= 4 is 50.6 Å². The van der Waals surface area contributed by atoms with Gasteiger partial charge < -0.3 is 10.1 Å². The van der Waals surface area contributed by atoms with Crippen LogP contribution in [0.1, 0.15) is 51.5 Å². The van der Waals surface area contributed by atoms with Crippen LogP contribution < -0.4 is 5.32 Å². The molecule has 1 aromatic carbocycles. The SMILES string of the molecule is C=C(C#N)C(=O)CC[C@@H](NC(=O)[C@@H](CC(C)=O)Cc1nc2ccc(Cl)cc2s1)[C@@H](C)CC. The van der Waals surface area contributed by atoms with Crippen LogP contribution in [0.5, 0.6) is 0 Å². The lowest BCUT2D eigenvalue weighted by Crippen LogP contribution is -2.43. The number of nitrogens with one attached hydrogen (secondary N) is 1. The smallest absolute Gasteiger partial charge is 0.224 e. The third-order valence-corrected chi connectivity index (χ3v) is 6.81. The van der Waals surface area contributed by atoms with Crippen molar-refractivity contribution in [3.05, 3.63) is 40.4 Å². The summed E-state index contributed by atoms with van der Waals surface area (Å²) in [6.45, 7) is 8.95. The van der Waals surface area contributed by atoms with E-state index in [1.807, 2.05) is 26.0 Å². The summed E-state index contributed by atoms with van der Waals surface area (Å²) < 4.78 is 0.934. The van der Waals surface area contributed by atoms with E-state index in [9.17, 15) is 14.4 Å². The zero-order chi connectivity index (χ0) is 23.8. The van der Waals surface area contributed by atoms with Gasteiger partial charge in [-0.25, -0.2) is 4.98 Å². The minimum atomic E-state index is -0.556. The number of Topliss-reactive ketones (excluding diaryl/α,β-unsaturated/α-hetero) is 2. The highest BCUT2D eigenvalue weighted by molar-refractivity contribution is 7.18. The Hall–Kier alpha value is -2.56. The predicted molar refractivity (Wildman–Crippen MR) is 128 cm³/mol. The molecular formula is C24H28ClN3O3S. The number of aromatic nitrogens is 1. The molecule has 8 heteroatoms. The zero-order valence-electron chi connectivity index (χ0n) is 18.6. The Morgan fingerprint density at radius 1 is 1.34 bits per heavy atom. The Morgan fingerprint density at radius 2 is 2.06 bits per heavy atom. The first kappa shape index (κ1) is 25.7. The summed E-state index contributed by atoms with van der Waals surface area (Å²) in [5, 5.41) is 13.3. The molecular weight excluding hydrogens is 446 g/mol. The van der Waals surface area contributed by atoms with E-state index < -0.39 is 5.92 Å². The van der Waals surface area contributed by atoms with Crippen LogP contribution in [0.4, 0.5) is 0 Å². The first-order chi connectivity index (χ1) is 15.1. The topological polar surface area (TPSA) is 99.9 Å². The van der Waals surface area contributed by atoms with Crippen molar-refractivity contribution in [2.45, 2.75) is 58.9 Å². The van der Waals surface area contributed by atoms with E-state index in [1.165, 1.54) is 18.3 Å². The summed E-state index contributed by atoms with van der Waals surface area (Å²) in [4.78, 5) is 41.6. The fraction of sp³-hybridized carbons (Fsp3) is 0.458. The minimum absolute atomic E-state index is 0.0742. The van der Waals surface area contributed by atoms with Crippen LogP contribution in [0.3, 0.4) is 0 Å². The Bertz CT molecular complexity index is 1060. The number of nitriles is 1. The van der Waals surface area contributed by atoms with E-state index in [-0.39, 0.29) is 47.8 Å². The average Bonchev–Trinajstić information content (AvgIpc) is 3.15. The van der Waals surface area contributed by atoms with Crippen molar-refractivity contribution in [1.29, 1.82) is 5.26 Å². The van der Waals surface area contributed by atoms with E-state index in [4.69, 9.17) is 16.9 Å². The number of hydrogen-bond acceptors (Lipinski definition) is 6. The van der Waals surface area contributed by atoms with Gasteiger partial charge >= 0.3 is 0 Å².